The maximum absolute atomic E-state index is 13.3. The zero-order valence-electron chi connectivity index (χ0n) is 17.9. The summed E-state index contributed by atoms with van der Waals surface area (Å²) in [5, 5.41) is 15.5. The van der Waals surface area contributed by atoms with Crippen LogP contribution in [-0.4, -0.2) is 35.0 Å². The molecule has 2 atom stereocenters. The normalized spacial score (nSPS) is 17.3. The number of hydrogen-bond donors (Lipinski definition) is 2. The number of hydrogen-bond acceptors (Lipinski definition) is 4. The van der Waals surface area contributed by atoms with E-state index in [0.29, 0.717) is 24.8 Å². The van der Waals surface area contributed by atoms with Crippen molar-refractivity contribution < 1.29 is 14.3 Å². The van der Waals surface area contributed by atoms with Crippen LogP contribution in [0.3, 0.4) is 0 Å². The maximum atomic E-state index is 13.3. The largest absolute Gasteiger partial charge is 0.457 e. The average Bonchev–Trinajstić information content (AvgIpc) is 3.22. The highest BCUT2D eigenvalue weighted by Crippen LogP contribution is 2.30. The summed E-state index contributed by atoms with van der Waals surface area (Å²) in [4.78, 5) is 15.2. The standard InChI is InChI=1S/C25H29ClN2O3/c1-16(2)23(27-24(29)22-15-19-5-3-4-6-21(19)31-22)25(30)28-13-11-18(12-14-28)17-7-9-20(26)10-8-17/h3-10,15-16,18,23-24,27,29H,11-14H2,1-2H3/t23?,24-/m0/s1. The van der Waals surface area contributed by atoms with Gasteiger partial charge in [0.25, 0.3) is 0 Å². The van der Waals surface area contributed by atoms with E-state index in [1.807, 2.05) is 61.2 Å². The van der Waals surface area contributed by atoms with Gasteiger partial charge in [-0.1, -0.05) is 55.8 Å². The molecular weight excluding hydrogens is 412 g/mol. The molecule has 1 amide bonds. The number of likely N-dealkylation sites (tertiary alicyclic amines) is 1. The number of carbonyl (C=O) groups is 1. The number of para-hydroxylation sites is 1. The Morgan fingerprint density at radius 3 is 2.45 bits per heavy atom. The number of aliphatic hydroxyl groups is 1. The number of piperidine rings is 1. The quantitative estimate of drug-likeness (QED) is 0.523. The van der Waals surface area contributed by atoms with E-state index in [-0.39, 0.29) is 11.8 Å². The summed E-state index contributed by atoms with van der Waals surface area (Å²) in [6, 6.07) is 16.9. The fourth-order valence-corrected chi connectivity index (χ4v) is 4.43. The number of nitrogens with one attached hydrogen (secondary N) is 1. The molecule has 5 nitrogen and oxygen atoms in total. The van der Waals surface area contributed by atoms with Gasteiger partial charge in [-0.15, -0.1) is 0 Å². The number of furan rings is 1. The molecule has 0 aliphatic carbocycles. The fraction of sp³-hybridized carbons (Fsp3) is 0.400. The van der Waals surface area contributed by atoms with Crippen LogP contribution in [0.1, 0.15) is 50.2 Å². The number of aliphatic hydroxyl groups excluding tert-OH is 1. The molecule has 0 spiro atoms. The monoisotopic (exact) mass is 440 g/mol. The highest BCUT2D eigenvalue weighted by molar-refractivity contribution is 6.30. The molecule has 0 bridgehead atoms. The summed E-state index contributed by atoms with van der Waals surface area (Å²) >= 11 is 6.00. The molecule has 31 heavy (non-hydrogen) atoms. The summed E-state index contributed by atoms with van der Waals surface area (Å²) in [5.74, 6) is 0.911. The minimum Gasteiger partial charge on any atom is -0.457 e. The third-order valence-electron chi connectivity index (χ3n) is 6.13. The summed E-state index contributed by atoms with van der Waals surface area (Å²) in [7, 11) is 0. The predicted octanol–water partition coefficient (Wildman–Crippen LogP) is 5.10. The van der Waals surface area contributed by atoms with Crippen LogP contribution >= 0.6 is 11.6 Å². The van der Waals surface area contributed by atoms with Gasteiger partial charge < -0.3 is 14.4 Å². The molecule has 1 aromatic heterocycles. The first kappa shape index (κ1) is 21.9. The Labute approximate surface area is 188 Å². The highest BCUT2D eigenvalue weighted by atomic mass is 35.5. The first-order valence-corrected chi connectivity index (χ1v) is 11.3. The molecule has 1 fully saturated rings. The van der Waals surface area contributed by atoms with Gasteiger partial charge in [-0.3, -0.25) is 10.1 Å². The summed E-state index contributed by atoms with van der Waals surface area (Å²) in [6.07, 6.45) is 0.796. The predicted molar refractivity (Wildman–Crippen MR) is 123 cm³/mol. The molecule has 164 valence electrons. The number of benzene rings is 2. The van der Waals surface area contributed by atoms with E-state index in [1.165, 1.54) is 5.56 Å². The van der Waals surface area contributed by atoms with Crippen molar-refractivity contribution in [3.05, 3.63) is 70.9 Å². The van der Waals surface area contributed by atoms with Crippen molar-refractivity contribution in [3.63, 3.8) is 0 Å². The molecule has 1 unspecified atom stereocenters. The van der Waals surface area contributed by atoms with Crippen LogP contribution in [0, 0.1) is 5.92 Å². The van der Waals surface area contributed by atoms with Crippen molar-refractivity contribution in [1.82, 2.24) is 10.2 Å². The smallest absolute Gasteiger partial charge is 0.240 e. The minimum absolute atomic E-state index is 0.0275. The van der Waals surface area contributed by atoms with Gasteiger partial charge in [0.2, 0.25) is 5.91 Å². The molecule has 1 aliphatic heterocycles. The average molecular weight is 441 g/mol. The van der Waals surface area contributed by atoms with Crippen molar-refractivity contribution in [2.75, 3.05) is 13.1 Å². The molecule has 0 radical (unpaired) electrons. The summed E-state index contributed by atoms with van der Waals surface area (Å²) in [5.41, 5.74) is 1.99. The fourth-order valence-electron chi connectivity index (χ4n) is 4.30. The van der Waals surface area contributed by atoms with Crippen LogP contribution in [0.5, 0.6) is 0 Å². The molecule has 2 N–H and O–H groups in total. The van der Waals surface area contributed by atoms with Crippen molar-refractivity contribution in [3.8, 4) is 0 Å². The van der Waals surface area contributed by atoms with Gasteiger partial charge in [0.05, 0.1) is 6.04 Å². The first-order valence-electron chi connectivity index (χ1n) is 10.9. The van der Waals surface area contributed by atoms with Crippen LogP contribution in [0.15, 0.2) is 59.0 Å². The van der Waals surface area contributed by atoms with E-state index in [9.17, 15) is 9.90 Å². The van der Waals surface area contributed by atoms with E-state index < -0.39 is 12.3 Å². The molecule has 2 aromatic carbocycles. The molecule has 0 saturated carbocycles. The topological polar surface area (TPSA) is 65.7 Å². The van der Waals surface area contributed by atoms with Crippen molar-refractivity contribution in [2.45, 2.75) is 44.9 Å². The number of halogens is 1. The van der Waals surface area contributed by atoms with Gasteiger partial charge in [-0.05, 0) is 54.5 Å². The van der Waals surface area contributed by atoms with Crippen molar-refractivity contribution >= 4 is 28.5 Å². The van der Waals surface area contributed by atoms with E-state index in [4.69, 9.17) is 16.0 Å². The third-order valence-corrected chi connectivity index (χ3v) is 6.38. The number of nitrogens with zero attached hydrogens (tertiary/aromatic N) is 1. The van der Waals surface area contributed by atoms with Gasteiger partial charge >= 0.3 is 0 Å². The molecule has 1 saturated heterocycles. The maximum Gasteiger partial charge on any atom is 0.240 e. The lowest BCUT2D eigenvalue weighted by molar-refractivity contribution is -0.137. The molecule has 1 aliphatic rings. The van der Waals surface area contributed by atoms with Gasteiger partial charge in [-0.2, -0.15) is 0 Å². The number of carbonyl (C=O) groups excluding carboxylic acids is 1. The molecule has 6 heteroatoms. The second kappa shape index (κ2) is 9.43. The van der Waals surface area contributed by atoms with Crippen molar-refractivity contribution in [2.24, 2.45) is 5.92 Å². The summed E-state index contributed by atoms with van der Waals surface area (Å²) in [6.45, 7) is 5.39. The van der Waals surface area contributed by atoms with Crippen LogP contribution in [0.4, 0.5) is 0 Å². The Balaban J connectivity index is 1.40. The molecule has 3 aromatic rings. The second-order valence-electron chi connectivity index (χ2n) is 8.63. The molecule has 4 rings (SSSR count). The van der Waals surface area contributed by atoms with Crippen LogP contribution in [0.25, 0.3) is 11.0 Å². The first-order chi connectivity index (χ1) is 14.9. The highest BCUT2D eigenvalue weighted by Gasteiger charge is 2.32. The SMILES string of the molecule is CC(C)C(N[C@@H](O)c1cc2ccccc2o1)C(=O)N1CCC(c2ccc(Cl)cc2)CC1. The van der Waals surface area contributed by atoms with E-state index in [2.05, 4.69) is 17.4 Å². The Kier molecular flexibility index (Phi) is 6.65. The number of rotatable bonds is 6. The lowest BCUT2D eigenvalue weighted by Gasteiger charge is -2.36. The number of amides is 1. The second-order valence-corrected chi connectivity index (χ2v) is 9.07. The van der Waals surface area contributed by atoms with Crippen molar-refractivity contribution in [1.29, 1.82) is 0 Å². The van der Waals surface area contributed by atoms with Gasteiger partial charge in [-0.25, -0.2) is 0 Å². The lowest BCUT2D eigenvalue weighted by atomic mass is 9.89. The molecule has 2 heterocycles. The lowest BCUT2D eigenvalue weighted by Crippen LogP contribution is -2.52. The minimum atomic E-state index is -1.05. The third kappa shape index (κ3) is 4.95. The Morgan fingerprint density at radius 1 is 1.13 bits per heavy atom. The zero-order valence-corrected chi connectivity index (χ0v) is 18.7. The van der Waals surface area contributed by atoms with Gasteiger partial charge in [0, 0.05) is 23.5 Å². The van der Waals surface area contributed by atoms with Crippen LogP contribution < -0.4 is 5.32 Å². The molecular formula is C25H29ClN2O3. The van der Waals surface area contributed by atoms with Gasteiger partial charge in [0.15, 0.2) is 6.23 Å². The Hall–Kier alpha value is -2.34. The van der Waals surface area contributed by atoms with Crippen LogP contribution in [0.2, 0.25) is 5.02 Å². The Morgan fingerprint density at radius 2 is 1.81 bits per heavy atom. The van der Waals surface area contributed by atoms with E-state index >= 15 is 0 Å². The zero-order chi connectivity index (χ0) is 22.0. The Bertz CT molecular complexity index is 990. The van der Waals surface area contributed by atoms with E-state index in [0.717, 1.165) is 28.8 Å². The van der Waals surface area contributed by atoms with Gasteiger partial charge in [0.1, 0.15) is 11.3 Å². The van der Waals surface area contributed by atoms with E-state index in [1.54, 1.807) is 0 Å². The summed E-state index contributed by atoms with van der Waals surface area (Å²) < 4.78 is 5.76. The number of fused-ring (bicyclic) bond motifs is 1. The van der Waals surface area contributed by atoms with Crippen LogP contribution in [-0.2, 0) is 4.79 Å².